The number of amides is 1. The first kappa shape index (κ1) is 23.3. The number of methoxy groups -OCH3 is 1. The van der Waals surface area contributed by atoms with Gasteiger partial charge < -0.3 is 14.8 Å². The van der Waals surface area contributed by atoms with Gasteiger partial charge in [-0.3, -0.25) is 9.10 Å². The van der Waals surface area contributed by atoms with Gasteiger partial charge in [-0.1, -0.05) is 36.4 Å². The number of nitrogens with zero attached hydrogens (tertiary/aromatic N) is 1. The van der Waals surface area contributed by atoms with E-state index in [1.807, 2.05) is 19.1 Å². The van der Waals surface area contributed by atoms with E-state index in [9.17, 15) is 18.0 Å². The number of ether oxygens (including phenoxy) is 2. The molecular weight excluding hydrogens is 456 g/mol. The Kier molecular flexibility index (Phi) is 6.56. The Bertz CT molecular complexity index is 1340. The standard InChI is InChI=1S/C25H24N2O6S/c1-17-14-18-8-3-5-12-22(18)27(17)34(30,31)20-10-7-9-19(15-20)25(29)33-16-24(28)26-21-11-4-6-13-23(21)32-2/h3-13,15,17H,14,16H2,1-2H3,(H,26,28). The fraction of sp³-hybridized carbons (Fsp3) is 0.200. The second-order valence-electron chi connectivity index (χ2n) is 7.84. The highest BCUT2D eigenvalue weighted by atomic mass is 32.2. The normalized spacial score (nSPS) is 14.9. The van der Waals surface area contributed by atoms with Crippen LogP contribution < -0.4 is 14.4 Å². The molecule has 1 unspecified atom stereocenters. The molecule has 0 bridgehead atoms. The summed E-state index contributed by atoms with van der Waals surface area (Å²) in [5.74, 6) is -0.885. The van der Waals surface area contributed by atoms with E-state index in [0.29, 0.717) is 23.5 Å². The maximum atomic E-state index is 13.4. The first-order valence-corrected chi connectivity index (χ1v) is 12.1. The minimum absolute atomic E-state index is 0.0241. The molecule has 1 atom stereocenters. The number of rotatable bonds is 7. The Morgan fingerprint density at radius 2 is 1.76 bits per heavy atom. The number of hydrogen-bond acceptors (Lipinski definition) is 6. The third-order valence-corrected chi connectivity index (χ3v) is 7.41. The number of sulfonamides is 1. The third-order valence-electron chi connectivity index (χ3n) is 5.49. The monoisotopic (exact) mass is 480 g/mol. The van der Waals surface area contributed by atoms with Crippen LogP contribution in [0, 0.1) is 0 Å². The van der Waals surface area contributed by atoms with Gasteiger partial charge in [-0.15, -0.1) is 0 Å². The molecule has 0 saturated heterocycles. The molecule has 1 aliphatic rings. The average Bonchev–Trinajstić information content (AvgIpc) is 3.19. The van der Waals surface area contributed by atoms with E-state index in [2.05, 4.69) is 5.32 Å². The van der Waals surface area contributed by atoms with Crippen molar-refractivity contribution in [2.75, 3.05) is 23.3 Å². The molecule has 34 heavy (non-hydrogen) atoms. The molecule has 3 aromatic rings. The van der Waals surface area contributed by atoms with Gasteiger partial charge in [0.1, 0.15) is 5.75 Å². The summed E-state index contributed by atoms with van der Waals surface area (Å²) in [6.45, 7) is 1.31. The van der Waals surface area contributed by atoms with Gasteiger partial charge in [-0.05, 0) is 55.3 Å². The van der Waals surface area contributed by atoms with Crippen molar-refractivity contribution < 1.29 is 27.5 Å². The second kappa shape index (κ2) is 9.56. The van der Waals surface area contributed by atoms with E-state index in [1.165, 1.54) is 35.7 Å². The fourth-order valence-electron chi connectivity index (χ4n) is 3.95. The number of fused-ring (bicyclic) bond motifs is 1. The van der Waals surface area contributed by atoms with Crippen LogP contribution in [-0.4, -0.2) is 40.1 Å². The summed E-state index contributed by atoms with van der Waals surface area (Å²) in [6.07, 6.45) is 0.610. The van der Waals surface area contributed by atoms with Crippen LogP contribution in [0.15, 0.2) is 77.7 Å². The van der Waals surface area contributed by atoms with Gasteiger partial charge in [0.15, 0.2) is 6.61 Å². The van der Waals surface area contributed by atoms with Gasteiger partial charge in [-0.25, -0.2) is 13.2 Å². The quantitative estimate of drug-likeness (QED) is 0.518. The molecule has 0 aliphatic carbocycles. The Hall–Kier alpha value is -3.85. The van der Waals surface area contributed by atoms with E-state index < -0.39 is 28.5 Å². The highest BCUT2D eigenvalue weighted by Crippen LogP contribution is 2.36. The van der Waals surface area contributed by atoms with Crippen molar-refractivity contribution >= 4 is 33.3 Å². The van der Waals surface area contributed by atoms with Crippen molar-refractivity contribution in [2.24, 2.45) is 0 Å². The lowest BCUT2D eigenvalue weighted by Crippen LogP contribution is -2.35. The van der Waals surface area contributed by atoms with E-state index in [4.69, 9.17) is 9.47 Å². The minimum atomic E-state index is -3.90. The second-order valence-corrected chi connectivity index (χ2v) is 9.65. The van der Waals surface area contributed by atoms with Crippen LogP contribution in [0.2, 0.25) is 0 Å². The number of carbonyl (C=O) groups excluding carboxylic acids is 2. The Morgan fingerprint density at radius 1 is 1.03 bits per heavy atom. The van der Waals surface area contributed by atoms with Gasteiger partial charge >= 0.3 is 5.97 Å². The molecule has 0 aromatic heterocycles. The van der Waals surface area contributed by atoms with E-state index in [-0.39, 0.29) is 16.5 Å². The van der Waals surface area contributed by atoms with Crippen molar-refractivity contribution in [3.63, 3.8) is 0 Å². The van der Waals surface area contributed by atoms with Crippen LogP contribution >= 0.6 is 0 Å². The SMILES string of the molecule is COc1ccccc1NC(=O)COC(=O)c1cccc(S(=O)(=O)N2c3ccccc3CC2C)c1. The van der Waals surface area contributed by atoms with Crippen molar-refractivity contribution in [3.8, 4) is 5.75 Å². The molecule has 1 aliphatic heterocycles. The average molecular weight is 481 g/mol. The van der Waals surface area contributed by atoms with Gasteiger partial charge in [0.2, 0.25) is 0 Å². The summed E-state index contributed by atoms with van der Waals surface area (Å²) < 4.78 is 38.5. The van der Waals surface area contributed by atoms with Crippen LogP contribution in [0.25, 0.3) is 0 Å². The van der Waals surface area contributed by atoms with Crippen molar-refractivity contribution in [1.82, 2.24) is 0 Å². The number of hydrogen-bond donors (Lipinski definition) is 1. The number of benzene rings is 3. The predicted molar refractivity (Wildman–Crippen MR) is 128 cm³/mol. The van der Waals surface area contributed by atoms with Gasteiger partial charge in [0.05, 0.1) is 28.9 Å². The number of para-hydroxylation sites is 3. The minimum Gasteiger partial charge on any atom is -0.495 e. The molecule has 9 heteroatoms. The lowest BCUT2D eigenvalue weighted by molar-refractivity contribution is -0.119. The number of anilines is 2. The largest absolute Gasteiger partial charge is 0.495 e. The molecule has 8 nitrogen and oxygen atoms in total. The first-order valence-electron chi connectivity index (χ1n) is 10.6. The molecule has 176 valence electrons. The Morgan fingerprint density at radius 3 is 2.56 bits per heavy atom. The molecule has 0 spiro atoms. The van der Waals surface area contributed by atoms with E-state index in [1.54, 1.807) is 36.4 Å². The Balaban J connectivity index is 1.47. The van der Waals surface area contributed by atoms with Gasteiger partial charge in [-0.2, -0.15) is 0 Å². The van der Waals surface area contributed by atoms with Crippen molar-refractivity contribution in [2.45, 2.75) is 24.3 Å². The van der Waals surface area contributed by atoms with Crippen LogP contribution in [-0.2, 0) is 26.0 Å². The molecule has 1 amide bonds. The summed E-state index contributed by atoms with van der Waals surface area (Å²) in [5.41, 5.74) is 2.07. The third kappa shape index (κ3) is 4.60. The van der Waals surface area contributed by atoms with Crippen LogP contribution in [0.3, 0.4) is 0 Å². The Labute approximate surface area is 198 Å². The smallest absolute Gasteiger partial charge is 0.338 e. The van der Waals surface area contributed by atoms with Gasteiger partial charge in [0.25, 0.3) is 15.9 Å². The molecular formula is C25H24N2O6S. The molecule has 3 aromatic carbocycles. The maximum Gasteiger partial charge on any atom is 0.338 e. The van der Waals surface area contributed by atoms with Crippen LogP contribution in [0.1, 0.15) is 22.8 Å². The maximum absolute atomic E-state index is 13.4. The van der Waals surface area contributed by atoms with Crippen molar-refractivity contribution in [3.05, 3.63) is 83.9 Å². The van der Waals surface area contributed by atoms with Crippen LogP contribution in [0.4, 0.5) is 11.4 Å². The molecule has 1 heterocycles. The lowest BCUT2D eigenvalue weighted by Gasteiger charge is -2.24. The summed E-state index contributed by atoms with van der Waals surface area (Å²) >= 11 is 0. The molecule has 0 radical (unpaired) electrons. The topological polar surface area (TPSA) is 102 Å². The van der Waals surface area contributed by atoms with Crippen molar-refractivity contribution in [1.29, 1.82) is 0 Å². The number of esters is 1. The molecule has 0 fully saturated rings. The summed E-state index contributed by atoms with van der Waals surface area (Å²) in [4.78, 5) is 24.8. The summed E-state index contributed by atoms with van der Waals surface area (Å²) in [7, 11) is -2.42. The zero-order valence-electron chi connectivity index (χ0n) is 18.7. The zero-order chi connectivity index (χ0) is 24.3. The van der Waals surface area contributed by atoms with E-state index >= 15 is 0 Å². The predicted octanol–water partition coefficient (Wildman–Crippen LogP) is 3.63. The number of nitrogens with one attached hydrogen (secondary N) is 1. The molecule has 0 saturated carbocycles. The molecule has 4 rings (SSSR count). The van der Waals surface area contributed by atoms with E-state index in [0.717, 1.165) is 5.56 Å². The van der Waals surface area contributed by atoms with Gasteiger partial charge in [0, 0.05) is 6.04 Å². The zero-order valence-corrected chi connectivity index (χ0v) is 19.5. The highest BCUT2D eigenvalue weighted by molar-refractivity contribution is 7.92. The fourth-order valence-corrected chi connectivity index (χ4v) is 5.69. The highest BCUT2D eigenvalue weighted by Gasteiger charge is 2.36. The summed E-state index contributed by atoms with van der Waals surface area (Å²) in [6, 6.07) is 19.6. The molecule has 1 N–H and O–H groups in total. The summed E-state index contributed by atoms with van der Waals surface area (Å²) in [5, 5.41) is 2.61. The van der Waals surface area contributed by atoms with Crippen LogP contribution in [0.5, 0.6) is 5.75 Å². The number of carbonyl (C=O) groups is 2. The lowest BCUT2D eigenvalue weighted by atomic mass is 10.1. The first-order chi connectivity index (χ1) is 16.3.